The van der Waals surface area contributed by atoms with Crippen molar-refractivity contribution in [2.75, 3.05) is 13.1 Å². The van der Waals surface area contributed by atoms with Gasteiger partial charge in [0.2, 0.25) is 5.91 Å². The maximum atomic E-state index is 11.5. The minimum Gasteiger partial charge on any atom is -0.335 e. The van der Waals surface area contributed by atoms with Crippen molar-refractivity contribution >= 4 is 5.91 Å². The molecular formula is C11H20N2O. The molecule has 1 aliphatic heterocycles. The summed E-state index contributed by atoms with van der Waals surface area (Å²) in [4.78, 5) is 13.4. The molecule has 1 atom stereocenters. The molecule has 1 heterocycles. The van der Waals surface area contributed by atoms with Gasteiger partial charge in [0.05, 0.1) is 0 Å². The molecule has 1 N–H and O–H groups in total. The Hall–Kier alpha value is -0.830. The number of hydrogen-bond acceptors (Lipinski definition) is 2. The van der Waals surface area contributed by atoms with Crippen LogP contribution in [0.3, 0.4) is 0 Å². The third-order valence-electron chi connectivity index (χ3n) is 2.66. The van der Waals surface area contributed by atoms with Gasteiger partial charge >= 0.3 is 0 Å². The Kier molecular flexibility index (Phi) is 4.14. The molecule has 0 aromatic rings. The number of carbonyl (C=O) groups is 1. The monoisotopic (exact) mass is 196 g/mol. The highest BCUT2D eigenvalue weighted by molar-refractivity contribution is 5.87. The first-order valence-electron chi connectivity index (χ1n) is 5.31. The van der Waals surface area contributed by atoms with E-state index < -0.39 is 0 Å². The SMILES string of the molecule is C=CC(=O)N(CC1CCCN1)C(C)C. The molecule has 0 spiro atoms. The van der Waals surface area contributed by atoms with Gasteiger partial charge < -0.3 is 10.2 Å². The van der Waals surface area contributed by atoms with Crippen LogP contribution in [0.5, 0.6) is 0 Å². The smallest absolute Gasteiger partial charge is 0.246 e. The Morgan fingerprint density at radius 3 is 2.86 bits per heavy atom. The molecule has 1 unspecified atom stereocenters. The van der Waals surface area contributed by atoms with Gasteiger partial charge in [-0.2, -0.15) is 0 Å². The number of carbonyl (C=O) groups excluding carboxylic acids is 1. The zero-order valence-electron chi connectivity index (χ0n) is 9.12. The molecule has 0 saturated carbocycles. The molecule has 0 aliphatic carbocycles. The van der Waals surface area contributed by atoms with Crippen molar-refractivity contribution < 1.29 is 4.79 Å². The summed E-state index contributed by atoms with van der Waals surface area (Å²) in [6.07, 6.45) is 3.79. The normalized spacial score (nSPS) is 21.2. The first-order valence-corrected chi connectivity index (χ1v) is 5.31. The summed E-state index contributed by atoms with van der Waals surface area (Å²) in [6, 6.07) is 0.726. The van der Waals surface area contributed by atoms with E-state index in [9.17, 15) is 4.79 Å². The topological polar surface area (TPSA) is 32.3 Å². The number of nitrogens with one attached hydrogen (secondary N) is 1. The number of nitrogens with zero attached hydrogens (tertiary/aromatic N) is 1. The lowest BCUT2D eigenvalue weighted by Gasteiger charge is -2.28. The fourth-order valence-electron chi connectivity index (χ4n) is 1.82. The van der Waals surface area contributed by atoms with Gasteiger partial charge in [-0.3, -0.25) is 4.79 Å². The fourth-order valence-corrected chi connectivity index (χ4v) is 1.82. The second-order valence-corrected chi connectivity index (χ2v) is 4.08. The summed E-state index contributed by atoms with van der Waals surface area (Å²) in [6.45, 7) is 9.49. The summed E-state index contributed by atoms with van der Waals surface area (Å²) >= 11 is 0. The van der Waals surface area contributed by atoms with Crippen molar-refractivity contribution in [1.82, 2.24) is 10.2 Å². The Morgan fingerprint density at radius 1 is 1.71 bits per heavy atom. The summed E-state index contributed by atoms with van der Waals surface area (Å²) in [5.41, 5.74) is 0. The van der Waals surface area contributed by atoms with E-state index in [2.05, 4.69) is 11.9 Å². The van der Waals surface area contributed by atoms with Crippen LogP contribution in [0.2, 0.25) is 0 Å². The van der Waals surface area contributed by atoms with Crippen LogP contribution in [-0.4, -0.2) is 36.0 Å². The molecule has 0 aromatic carbocycles. The molecule has 14 heavy (non-hydrogen) atoms. The fraction of sp³-hybridized carbons (Fsp3) is 0.727. The Bertz CT molecular complexity index is 207. The number of hydrogen-bond donors (Lipinski definition) is 1. The summed E-state index contributed by atoms with van der Waals surface area (Å²) in [5, 5.41) is 3.39. The van der Waals surface area contributed by atoms with Gasteiger partial charge in [0.1, 0.15) is 0 Å². The van der Waals surface area contributed by atoms with Gasteiger partial charge in [0.15, 0.2) is 0 Å². The highest BCUT2D eigenvalue weighted by Crippen LogP contribution is 2.09. The van der Waals surface area contributed by atoms with Crippen LogP contribution in [0, 0.1) is 0 Å². The lowest BCUT2D eigenvalue weighted by Crippen LogP contribution is -2.44. The minimum atomic E-state index is 0.0358. The van der Waals surface area contributed by atoms with E-state index >= 15 is 0 Å². The zero-order chi connectivity index (χ0) is 10.6. The van der Waals surface area contributed by atoms with Crippen molar-refractivity contribution in [3.8, 4) is 0 Å². The summed E-state index contributed by atoms with van der Waals surface area (Å²) in [5.74, 6) is 0.0358. The van der Waals surface area contributed by atoms with Gasteiger partial charge in [-0.15, -0.1) is 0 Å². The molecule has 1 fully saturated rings. The maximum Gasteiger partial charge on any atom is 0.246 e. The third kappa shape index (κ3) is 2.84. The van der Waals surface area contributed by atoms with Crippen molar-refractivity contribution in [3.05, 3.63) is 12.7 Å². The highest BCUT2D eigenvalue weighted by Gasteiger charge is 2.21. The third-order valence-corrected chi connectivity index (χ3v) is 2.66. The van der Waals surface area contributed by atoms with Gasteiger partial charge in [-0.05, 0) is 39.3 Å². The molecule has 1 rings (SSSR count). The van der Waals surface area contributed by atoms with E-state index in [0.29, 0.717) is 6.04 Å². The van der Waals surface area contributed by atoms with Gasteiger partial charge in [0.25, 0.3) is 0 Å². The zero-order valence-corrected chi connectivity index (χ0v) is 9.12. The molecule has 3 nitrogen and oxygen atoms in total. The molecule has 1 aliphatic rings. The first kappa shape index (κ1) is 11.2. The van der Waals surface area contributed by atoms with E-state index in [1.165, 1.54) is 18.9 Å². The van der Waals surface area contributed by atoms with Crippen LogP contribution in [0.4, 0.5) is 0 Å². The van der Waals surface area contributed by atoms with Crippen LogP contribution in [-0.2, 0) is 4.79 Å². The van der Waals surface area contributed by atoms with Crippen molar-refractivity contribution in [3.63, 3.8) is 0 Å². The Balaban J connectivity index is 2.49. The van der Waals surface area contributed by atoms with E-state index in [4.69, 9.17) is 0 Å². The lowest BCUT2D eigenvalue weighted by molar-refractivity contribution is -0.127. The number of rotatable bonds is 4. The first-order chi connectivity index (χ1) is 6.65. The molecule has 0 radical (unpaired) electrons. The molecule has 0 aromatic heterocycles. The second-order valence-electron chi connectivity index (χ2n) is 4.08. The highest BCUT2D eigenvalue weighted by atomic mass is 16.2. The Labute approximate surface area is 86.2 Å². The average Bonchev–Trinajstić information content (AvgIpc) is 2.65. The average molecular weight is 196 g/mol. The molecule has 1 amide bonds. The minimum absolute atomic E-state index is 0.0358. The van der Waals surface area contributed by atoms with E-state index in [1.807, 2.05) is 18.7 Å². The van der Waals surface area contributed by atoms with Crippen LogP contribution in [0.15, 0.2) is 12.7 Å². The maximum absolute atomic E-state index is 11.5. The van der Waals surface area contributed by atoms with Crippen molar-refractivity contribution in [2.24, 2.45) is 0 Å². The summed E-state index contributed by atoms with van der Waals surface area (Å²) in [7, 11) is 0. The van der Waals surface area contributed by atoms with E-state index in [0.717, 1.165) is 13.1 Å². The molecule has 80 valence electrons. The van der Waals surface area contributed by atoms with Crippen LogP contribution in [0.25, 0.3) is 0 Å². The lowest BCUT2D eigenvalue weighted by atomic mass is 10.2. The second kappa shape index (κ2) is 5.15. The molecule has 3 heteroatoms. The molecule has 1 saturated heterocycles. The van der Waals surface area contributed by atoms with Crippen LogP contribution >= 0.6 is 0 Å². The molecule has 0 bridgehead atoms. The van der Waals surface area contributed by atoms with E-state index in [1.54, 1.807) is 0 Å². The summed E-state index contributed by atoms with van der Waals surface area (Å²) < 4.78 is 0. The predicted molar refractivity (Wildman–Crippen MR) is 58.1 cm³/mol. The quantitative estimate of drug-likeness (QED) is 0.684. The van der Waals surface area contributed by atoms with Crippen LogP contribution in [0.1, 0.15) is 26.7 Å². The van der Waals surface area contributed by atoms with Gasteiger partial charge in [-0.25, -0.2) is 0 Å². The van der Waals surface area contributed by atoms with Crippen molar-refractivity contribution in [2.45, 2.75) is 38.8 Å². The van der Waals surface area contributed by atoms with Gasteiger partial charge in [0, 0.05) is 18.6 Å². The standard InChI is InChI=1S/C11H20N2O/c1-4-11(14)13(9(2)3)8-10-6-5-7-12-10/h4,9-10,12H,1,5-8H2,2-3H3. The van der Waals surface area contributed by atoms with Gasteiger partial charge in [-0.1, -0.05) is 6.58 Å². The van der Waals surface area contributed by atoms with Crippen LogP contribution < -0.4 is 5.32 Å². The van der Waals surface area contributed by atoms with Crippen molar-refractivity contribution in [1.29, 1.82) is 0 Å². The predicted octanol–water partition coefficient (Wildman–Crippen LogP) is 1.16. The largest absolute Gasteiger partial charge is 0.335 e. The Morgan fingerprint density at radius 2 is 2.43 bits per heavy atom. The van der Waals surface area contributed by atoms with E-state index in [-0.39, 0.29) is 11.9 Å². The number of amides is 1. The molecular weight excluding hydrogens is 176 g/mol.